The van der Waals surface area contributed by atoms with Crippen LogP contribution in [-0.4, -0.2) is 17.4 Å². The summed E-state index contributed by atoms with van der Waals surface area (Å²) in [6, 6.07) is 11.4. The van der Waals surface area contributed by atoms with E-state index in [1.54, 1.807) is 0 Å². The molecule has 0 spiro atoms. The number of aromatic nitrogens is 1. The fourth-order valence-electron chi connectivity index (χ4n) is 1.71. The van der Waals surface area contributed by atoms with Gasteiger partial charge in [0.05, 0.1) is 6.42 Å². The third-order valence-electron chi connectivity index (χ3n) is 2.66. The van der Waals surface area contributed by atoms with Gasteiger partial charge in [-0.1, -0.05) is 23.7 Å². The molecule has 0 radical (unpaired) electrons. The molecule has 0 atom stereocenters. The molecule has 18 heavy (non-hydrogen) atoms. The van der Waals surface area contributed by atoms with Crippen LogP contribution in [0.2, 0.25) is 5.02 Å². The molecule has 4 heteroatoms. The third kappa shape index (κ3) is 3.93. The van der Waals surface area contributed by atoms with Crippen LogP contribution < -0.4 is 5.32 Å². The highest BCUT2D eigenvalue weighted by Gasteiger charge is 2.03. The molecule has 2 aromatic rings. The summed E-state index contributed by atoms with van der Waals surface area (Å²) in [6.45, 7) is 0.640. The minimum atomic E-state index is 0.0337. The summed E-state index contributed by atoms with van der Waals surface area (Å²) in [7, 11) is 0. The van der Waals surface area contributed by atoms with Crippen LogP contribution in [0, 0.1) is 0 Å². The van der Waals surface area contributed by atoms with Crippen molar-refractivity contribution in [2.45, 2.75) is 12.8 Å². The Morgan fingerprint density at radius 3 is 2.67 bits per heavy atom. The molecule has 0 saturated carbocycles. The van der Waals surface area contributed by atoms with Crippen LogP contribution in [-0.2, 0) is 17.6 Å². The lowest BCUT2D eigenvalue weighted by Gasteiger charge is -2.04. The van der Waals surface area contributed by atoms with E-state index in [1.165, 1.54) is 5.56 Å². The molecule has 0 aliphatic rings. The molecular formula is C14H15ClN2O. The summed E-state index contributed by atoms with van der Waals surface area (Å²) in [5.74, 6) is 0.0337. The van der Waals surface area contributed by atoms with Gasteiger partial charge < -0.3 is 10.3 Å². The number of aromatic amines is 1. The van der Waals surface area contributed by atoms with Crippen molar-refractivity contribution in [3.05, 3.63) is 58.9 Å². The van der Waals surface area contributed by atoms with E-state index in [0.29, 0.717) is 13.0 Å². The number of halogens is 1. The first kappa shape index (κ1) is 12.7. The van der Waals surface area contributed by atoms with Crippen LogP contribution >= 0.6 is 11.6 Å². The van der Waals surface area contributed by atoms with Gasteiger partial charge in [0.1, 0.15) is 0 Å². The van der Waals surface area contributed by atoms with E-state index >= 15 is 0 Å². The summed E-state index contributed by atoms with van der Waals surface area (Å²) in [5, 5.41) is 3.62. The van der Waals surface area contributed by atoms with E-state index in [9.17, 15) is 4.79 Å². The molecule has 0 aliphatic heterocycles. The second-order valence-electron chi connectivity index (χ2n) is 4.10. The Hall–Kier alpha value is -1.74. The van der Waals surface area contributed by atoms with Gasteiger partial charge in [-0.15, -0.1) is 0 Å². The average molecular weight is 263 g/mol. The predicted molar refractivity (Wildman–Crippen MR) is 72.7 cm³/mol. The molecule has 2 rings (SSSR count). The Bertz CT molecular complexity index is 491. The summed E-state index contributed by atoms with van der Waals surface area (Å²) in [6.07, 6.45) is 3.03. The highest BCUT2D eigenvalue weighted by Crippen LogP contribution is 2.09. The van der Waals surface area contributed by atoms with Gasteiger partial charge >= 0.3 is 0 Å². The quantitative estimate of drug-likeness (QED) is 0.855. The lowest BCUT2D eigenvalue weighted by molar-refractivity contribution is -0.120. The first-order valence-electron chi connectivity index (χ1n) is 5.87. The molecule has 1 heterocycles. The topological polar surface area (TPSA) is 44.9 Å². The van der Waals surface area contributed by atoms with Crippen molar-refractivity contribution in [3.63, 3.8) is 0 Å². The van der Waals surface area contributed by atoms with Crippen LogP contribution in [0.1, 0.15) is 11.3 Å². The lowest BCUT2D eigenvalue weighted by Crippen LogP contribution is -2.27. The predicted octanol–water partition coefficient (Wildman–Crippen LogP) is 2.57. The van der Waals surface area contributed by atoms with Crippen molar-refractivity contribution < 1.29 is 4.79 Å². The number of amides is 1. The minimum absolute atomic E-state index is 0.0337. The molecule has 0 bridgehead atoms. The lowest BCUT2D eigenvalue weighted by atomic mass is 10.1. The van der Waals surface area contributed by atoms with Gasteiger partial charge in [-0.2, -0.15) is 0 Å². The minimum Gasteiger partial charge on any atom is -0.365 e. The number of nitrogens with one attached hydrogen (secondary N) is 2. The summed E-state index contributed by atoms with van der Waals surface area (Å²) >= 11 is 5.80. The summed E-state index contributed by atoms with van der Waals surface area (Å²) in [4.78, 5) is 14.6. The van der Waals surface area contributed by atoms with Gasteiger partial charge in [0.15, 0.2) is 0 Å². The molecule has 2 N–H and O–H groups in total. The van der Waals surface area contributed by atoms with Gasteiger partial charge in [0, 0.05) is 23.5 Å². The smallest absolute Gasteiger partial charge is 0.225 e. The second-order valence-corrected chi connectivity index (χ2v) is 4.53. The van der Waals surface area contributed by atoms with Crippen molar-refractivity contribution in [2.75, 3.05) is 6.54 Å². The summed E-state index contributed by atoms with van der Waals surface area (Å²) in [5.41, 5.74) is 2.10. The summed E-state index contributed by atoms with van der Waals surface area (Å²) < 4.78 is 0. The maximum Gasteiger partial charge on any atom is 0.225 e. The van der Waals surface area contributed by atoms with Gasteiger partial charge in [-0.25, -0.2) is 0 Å². The van der Waals surface area contributed by atoms with Crippen LogP contribution in [0.5, 0.6) is 0 Å². The molecule has 1 amide bonds. The van der Waals surface area contributed by atoms with Gasteiger partial charge in [-0.3, -0.25) is 4.79 Å². The van der Waals surface area contributed by atoms with E-state index in [0.717, 1.165) is 17.1 Å². The van der Waals surface area contributed by atoms with Crippen molar-refractivity contribution in [1.82, 2.24) is 10.3 Å². The Morgan fingerprint density at radius 1 is 1.22 bits per heavy atom. The monoisotopic (exact) mass is 262 g/mol. The molecule has 3 nitrogen and oxygen atoms in total. The van der Waals surface area contributed by atoms with Crippen LogP contribution in [0.15, 0.2) is 42.6 Å². The Morgan fingerprint density at radius 2 is 2.00 bits per heavy atom. The van der Waals surface area contributed by atoms with Crippen LogP contribution in [0.25, 0.3) is 0 Å². The molecule has 0 aliphatic carbocycles. The Kier molecular flexibility index (Phi) is 4.42. The maximum absolute atomic E-state index is 11.6. The van der Waals surface area contributed by atoms with E-state index in [2.05, 4.69) is 10.3 Å². The number of hydrogen-bond acceptors (Lipinski definition) is 1. The number of benzene rings is 1. The zero-order valence-corrected chi connectivity index (χ0v) is 10.7. The largest absolute Gasteiger partial charge is 0.365 e. The van der Waals surface area contributed by atoms with Crippen LogP contribution in [0.4, 0.5) is 0 Å². The first-order valence-corrected chi connectivity index (χ1v) is 6.25. The van der Waals surface area contributed by atoms with Gasteiger partial charge in [0.2, 0.25) is 5.91 Å². The molecule has 0 unspecified atom stereocenters. The highest BCUT2D eigenvalue weighted by molar-refractivity contribution is 6.30. The van der Waals surface area contributed by atoms with Crippen molar-refractivity contribution in [2.24, 2.45) is 0 Å². The fourth-order valence-corrected chi connectivity index (χ4v) is 1.84. The maximum atomic E-state index is 11.6. The number of hydrogen-bond donors (Lipinski definition) is 2. The SMILES string of the molecule is O=C(Cc1ccc[nH]1)NCCc1ccc(Cl)cc1. The van der Waals surface area contributed by atoms with E-state index in [4.69, 9.17) is 11.6 Å². The van der Waals surface area contributed by atoms with E-state index in [-0.39, 0.29) is 5.91 Å². The van der Waals surface area contributed by atoms with Crippen molar-refractivity contribution >= 4 is 17.5 Å². The molecule has 94 valence electrons. The Balaban J connectivity index is 1.72. The highest BCUT2D eigenvalue weighted by atomic mass is 35.5. The fraction of sp³-hybridized carbons (Fsp3) is 0.214. The zero-order chi connectivity index (χ0) is 12.8. The number of H-pyrrole nitrogens is 1. The van der Waals surface area contributed by atoms with Crippen molar-refractivity contribution in [3.8, 4) is 0 Å². The third-order valence-corrected chi connectivity index (χ3v) is 2.91. The Labute approximate surface area is 111 Å². The molecule has 1 aromatic heterocycles. The van der Waals surface area contributed by atoms with E-state index in [1.807, 2.05) is 42.6 Å². The van der Waals surface area contributed by atoms with Crippen LogP contribution in [0.3, 0.4) is 0 Å². The zero-order valence-electron chi connectivity index (χ0n) is 9.95. The number of carbonyl (C=O) groups excluding carboxylic acids is 1. The second kappa shape index (κ2) is 6.26. The van der Waals surface area contributed by atoms with Crippen molar-refractivity contribution in [1.29, 1.82) is 0 Å². The average Bonchev–Trinajstić information content (AvgIpc) is 2.84. The number of rotatable bonds is 5. The van der Waals surface area contributed by atoms with Gasteiger partial charge in [-0.05, 0) is 36.2 Å². The molecule has 0 saturated heterocycles. The standard InChI is InChI=1S/C14H15ClN2O/c15-12-5-3-11(4-6-12)7-9-17-14(18)10-13-2-1-8-16-13/h1-6,8,16H,7,9-10H2,(H,17,18). The number of carbonyl (C=O) groups is 1. The first-order chi connectivity index (χ1) is 8.74. The molecule has 0 fully saturated rings. The molecular weight excluding hydrogens is 248 g/mol. The molecule has 1 aromatic carbocycles. The van der Waals surface area contributed by atoms with E-state index < -0.39 is 0 Å². The normalized spacial score (nSPS) is 10.3. The van der Waals surface area contributed by atoms with Gasteiger partial charge in [0.25, 0.3) is 0 Å².